The number of aromatic hydroxyl groups is 1. The lowest BCUT2D eigenvalue weighted by Crippen LogP contribution is -2.54. The molecule has 3 atom stereocenters. The van der Waals surface area contributed by atoms with Gasteiger partial charge in [-0.15, -0.1) is 0 Å². The van der Waals surface area contributed by atoms with Gasteiger partial charge in [0.1, 0.15) is 29.2 Å². The van der Waals surface area contributed by atoms with E-state index in [1.54, 1.807) is 70.3 Å². The molecule has 208 valence electrons. The van der Waals surface area contributed by atoms with E-state index in [2.05, 4.69) is 10.6 Å². The number of rotatable bonds is 11. The fourth-order valence-electron chi connectivity index (χ4n) is 3.96. The van der Waals surface area contributed by atoms with E-state index in [9.17, 15) is 19.5 Å². The van der Waals surface area contributed by atoms with Crippen LogP contribution in [0.2, 0.25) is 0 Å². The van der Waals surface area contributed by atoms with E-state index in [0.717, 1.165) is 0 Å². The van der Waals surface area contributed by atoms with Crippen molar-refractivity contribution >= 4 is 23.6 Å². The second-order valence-electron chi connectivity index (χ2n) is 10.2. The predicted molar refractivity (Wildman–Crippen MR) is 147 cm³/mol. The van der Waals surface area contributed by atoms with E-state index in [4.69, 9.17) is 9.47 Å². The Hall–Kier alpha value is -3.75. The van der Waals surface area contributed by atoms with E-state index < -0.39 is 35.6 Å². The molecule has 0 aliphatic carbocycles. The fraction of sp³-hybridized carbons (Fsp3) is 0.483. The van der Waals surface area contributed by atoms with Gasteiger partial charge in [-0.05, 0) is 63.4 Å². The molecule has 2 aromatic carbocycles. The number of anilines is 1. The third kappa shape index (κ3) is 8.39. The summed E-state index contributed by atoms with van der Waals surface area (Å²) in [6.45, 7) is 11.1. The summed E-state index contributed by atoms with van der Waals surface area (Å²) in [6, 6.07) is 11.1. The Morgan fingerprint density at radius 2 is 1.66 bits per heavy atom. The first-order valence-electron chi connectivity index (χ1n) is 12.9. The van der Waals surface area contributed by atoms with E-state index in [0.29, 0.717) is 24.3 Å². The van der Waals surface area contributed by atoms with Crippen molar-refractivity contribution in [2.75, 3.05) is 19.0 Å². The number of nitrogens with one attached hydrogen (secondary N) is 2. The number of carbonyl (C=O) groups is 3. The summed E-state index contributed by atoms with van der Waals surface area (Å²) in [5.74, 6) is -0.669. The zero-order valence-electron chi connectivity index (χ0n) is 23.4. The molecule has 9 heteroatoms. The van der Waals surface area contributed by atoms with Crippen LogP contribution in [0.3, 0.4) is 0 Å². The molecule has 0 saturated carbocycles. The number of alkyl carbamates (subject to hydrolysis) is 1. The zero-order chi connectivity index (χ0) is 28.5. The molecular weight excluding hydrogens is 486 g/mol. The van der Waals surface area contributed by atoms with E-state index in [-0.39, 0.29) is 23.8 Å². The van der Waals surface area contributed by atoms with Gasteiger partial charge in [-0.2, -0.15) is 0 Å². The summed E-state index contributed by atoms with van der Waals surface area (Å²) in [7, 11) is 1.55. The van der Waals surface area contributed by atoms with Crippen LogP contribution in [0.5, 0.6) is 11.5 Å². The summed E-state index contributed by atoms with van der Waals surface area (Å²) < 4.78 is 10.6. The van der Waals surface area contributed by atoms with Crippen LogP contribution in [0.15, 0.2) is 48.5 Å². The van der Waals surface area contributed by atoms with E-state index >= 15 is 0 Å². The molecule has 3 unspecified atom stereocenters. The van der Waals surface area contributed by atoms with E-state index in [1.807, 2.05) is 20.8 Å². The van der Waals surface area contributed by atoms with Crippen molar-refractivity contribution < 1.29 is 29.0 Å². The van der Waals surface area contributed by atoms with Crippen molar-refractivity contribution in [3.05, 3.63) is 54.1 Å². The average molecular weight is 528 g/mol. The molecule has 0 heterocycles. The summed E-state index contributed by atoms with van der Waals surface area (Å²) in [4.78, 5) is 41.9. The number of benzene rings is 2. The van der Waals surface area contributed by atoms with Crippen LogP contribution in [0.4, 0.5) is 10.5 Å². The van der Waals surface area contributed by atoms with Crippen molar-refractivity contribution in [3.8, 4) is 11.5 Å². The van der Waals surface area contributed by atoms with E-state index in [1.165, 1.54) is 11.0 Å². The number of phenolic OH excluding ortho intramolecular Hbond substituents is 1. The lowest BCUT2D eigenvalue weighted by molar-refractivity contribution is -0.142. The molecule has 3 N–H and O–H groups in total. The van der Waals surface area contributed by atoms with Gasteiger partial charge in [-0.3, -0.25) is 9.59 Å². The number of para-hydroxylation sites is 1. The smallest absolute Gasteiger partial charge is 0.408 e. The monoisotopic (exact) mass is 527 g/mol. The first-order valence-corrected chi connectivity index (χ1v) is 12.9. The molecule has 0 radical (unpaired) electrons. The van der Waals surface area contributed by atoms with Crippen LogP contribution < -0.4 is 15.4 Å². The van der Waals surface area contributed by atoms with Gasteiger partial charge in [0.25, 0.3) is 5.91 Å². The quantitative estimate of drug-likeness (QED) is 0.367. The van der Waals surface area contributed by atoms with Crippen LogP contribution in [0.1, 0.15) is 66.0 Å². The maximum absolute atomic E-state index is 14.1. The Morgan fingerprint density at radius 3 is 2.18 bits per heavy atom. The molecule has 0 spiro atoms. The minimum absolute atomic E-state index is 0.114. The zero-order valence-corrected chi connectivity index (χ0v) is 23.4. The highest BCUT2D eigenvalue weighted by atomic mass is 16.6. The fourth-order valence-corrected chi connectivity index (χ4v) is 3.96. The first-order chi connectivity index (χ1) is 17.9. The molecule has 0 fully saturated rings. The lowest BCUT2D eigenvalue weighted by atomic mass is 9.95. The van der Waals surface area contributed by atoms with Gasteiger partial charge < -0.3 is 30.1 Å². The van der Waals surface area contributed by atoms with Gasteiger partial charge in [-0.1, -0.05) is 45.4 Å². The SMILES string of the molecule is CCCN(C(=O)C(NC(=O)OC(C)(C)C)C(C)CC)C(C(=O)Nc1ccc(OC)cc1)c1ccccc1O. The number of nitrogens with zero attached hydrogens (tertiary/aromatic N) is 1. The Morgan fingerprint density at radius 1 is 1.03 bits per heavy atom. The van der Waals surface area contributed by atoms with Crippen molar-refractivity contribution in [3.63, 3.8) is 0 Å². The minimum atomic E-state index is -1.15. The molecule has 3 amide bonds. The van der Waals surface area contributed by atoms with Crippen molar-refractivity contribution in [2.24, 2.45) is 5.92 Å². The maximum atomic E-state index is 14.1. The topological polar surface area (TPSA) is 117 Å². The van der Waals surface area contributed by atoms with Crippen molar-refractivity contribution in [1.82, 2.24) is 10.2 Å². The van der Waals surface area contributed by atoms with Gasteiger partial charge in [0, 0.05) is 17.8 Å². The number of methoxy groups -OCH3 is 1. The molecule has 2 rings (SSSR count). The summed E-state index contributed by atoms with van der Waals surface area (Å²) in [5.41, 5.74) is 0.0401. The third-order valence-electron chi connectivity index (χ3n) is 6.05. The molecule has 38 heavy (non-hydrogen) atoms. The molecule has 0 bridgehead atoms. The van der Waals surface area contributed by atoms with Gasteiger partial charge in [0.2, 0.25) is 5.91 Å². The Bertz CT molecular complexity index is 1080. The van der Waals surface area contributed by atoms with Crippen molar-refractivity contribution in [2.45, 2.75) is 72.1 Å². The summed E-state index contributed by atoms with van der Waals surface area (Å²) >= 11 is 0. The predicted octanol–water partition coefficient (Wildman–Crippen LogP) is 5.26. The Balaban J connectivity index is 2.51. The standard InChI is InChI=1S/C29H41N3O6/c1-8-18-32(27(35)24(19(3)9-2)31-28(36)38-29(4,5)6)25(22-12-10-11-13-23(22)33)26(34)30-20-14-16-21(37-7)17-15-20/h10-17,19,24-25,33H,8-9,18H2,1-7H3,(H,30,34)(H,31,36). The third-order valence-corrected chi connectivity index (χ3v) is 6.05. The normalized spacial score (nSPS) is 13.6. The van der Waals surface area contributed by atoms with Gasteiger partial charge in [0.15, 0.2) is 0 Å². The number of carbonyl (C=O) groups excluding carboxylic acids is 3. The molecule has 0 aromatic heterocycles. The largest absolute Gasteiger partial charge is 0.508 e. The highest BCUT2D eigenvalue weighted by molar-refractivity contribution is 5.99. The number of hydrogen-bond donors (Lipinski definition) is 3. The van der Waals surface area contributed by atoms with Crippen LogP contribution in [0.25, 0.3) is 0 Å². The molecule has 0 aliphatic heterocycles. The maximum Gasteiger partial charge on any atom is 0.408 e. The van der Waals surface area contributed by atoms with Crippen LogP contribution in [0, 0.1) is 5.92 Å². The summed E-state index contributed by atoms with van der Waals surface area (Å²) in [6.07, 6.45) is 0.436. The number of phenols is 1. The Labute approximate surface area is 225 Å². The summed E-state index contributed by atoms with van der Waals surface area (Å²) in [5, 5.41) is 16.3. The lowest BCUT2D eigenvalue weighted by Gasteiger charge is -2.36. The molecule has 0 aliphatic rings. The molecule has 9 nitrogen and oxygen atoms in total. The highest BCUT2D eigenvalue weighted by Gasteiger charge is 2.38. The number of ether oxygens (including phenoxy) is 2. The average Bonchev–Trinajstić information content (AvgIpc) is 2.86. The van der Waals surface area contributed by atoms with Gasteiger partial charge in [0.05, 0.1) is 7.11 Å². The second-order valence-corrected chi connectivity index (χ2v) is 10.2. The van der Waals surface area contributed by atoms with Crippen LogP contribution in [-0.2, 0) is 14.3 Å². The second kappa shape index (κ2) is 13.7. The van der Waals surface area contributed by atoms with Crippen molar-refractivity contribution in [1.29, 1.82) is 0 Å². The van der Waals surface area contributed by atoms with Crippen LogP contribution in [-0.4, -0.2) is 53.2 Å². The Kier molecular flexibility index (Phi) is 11.0. The number of amides is 3. The van der Waals surface area contributed by atoms with Gasteiger partial charge >= 0.3 is 6.09 Å². The molecule has 2 aromatic rings. The first kappa shape index (κ1) is 30.5. The van der Waals surface area contributed by atoms with Crippen LogP contribution >= 0.6 is 0 Å². The highest BCUT2D eigenvalue weighted by Crippen LogP contribution is 2.32. The number of hydrogen-bond acceptors (Lipinski definition) is 6. The molecule has 0 saturated heterocycles. The molecular formula is C29H41N3O6. The van der Waals surface area contributed by atoms with Gasteiger partial charge in [-0.25, -0.2) is 4.79 Å². The minimum Gasteiger partial charge on any atom is -0.508 e.